The lowest BCUT2D eigenvalue weighted by molar-refractivity contribution is 0.0690. The van der Waals surface area contributed by atoms with Crippen LogP contribution < -0.4 is 0 Å². The van der Waals surface area contributed by atoms with Crippen LogP contribution in [0.5, 0.6) is 0 Å². The van der Waals surface area contributed by atoms with Crippen molar-refractivity contribution in [3.8, 4) is 0 Å². The first-order valence-electron chi connectivity index (χ1n) is 6.72. The average molecular weight is 272 g/mol. The van der Waals surface area contributed by atoms with Crippen LogP contribution in [-0.2, 0) is 5.41 Å². The van der Waals surface area contributed by atoms with E-state index in [2.05, 4.69) is 62.2 Å². The molecule has 0 radical (unpaired) electrons. The van der Waals surface area contributed by atoms with Crippen molar-refractivity contribution in [1.82, 2.24) is 10.2 Å². The van der Waals surface area contributed by atoms with Crippen molar-refractivity contribution >= 4 is 5.97 Å². The highest BCUT2D eigenvalue weighted by atomic mass is 16.4. The van der Waals surface area contributed by atoms with E-state index in [0.29, 0.717) is 5.92 Å². The summed E-state index contributed by atoms with van der Waals surface area (Å²) in [5.41, 5.74) is 2.96. The zero-order valence-corrected chi connectivity index (χ0v) is 12.3. The molecule has 1 heterocycles. The Morgan fingerprint density at radius 3 is 2.30 bits per heavy atom. The van der Waals surface area contributed by atoms with Crippen molar-refractivity contribution in [3.63, 3.8) is 0 Å². The second-order valence-corrected chi connectivity index (χ2v) is 5.87. The average Bonchev–Trinajstić information content (AvgIpc) is 2.89. The van der Waals surface area contributed by atoms with E-state index in [-0.39, 0.29) is 11.1 Å². The molecular weight excluding hydrogens is 252 g/mol. The third-order valence-corrected chi connectivity index (χ3v) is 3.77. The Balaban J connectivity index is 2.35. The Morgan fingerprint density at radius 2 is 1.85 bits per heavy atom. The van der Waals surface area contributed by atoms with Crippen LogP contribution in [0.15, 0.2) is 30.3 Å². The molecule has 0 fully saturated rings. The van der Waals surface area contributed by atoms with E-state index in [9.17, 15) is 4.79 Å². The Labute approximate surface area is 118 Å². The lowest BCUT2D eigenvalue weighted by atomic mass is 9.81. The molecule has 0 aliphatic heterocycles. The van der Waals surface area contributed by atoms with Crippen molar-refractivity contribution in [2.45, 2.75) is 39.0 Å². The summed E-state index contributed by atoms with van der Waals surface area (Å²) in [7, 11) is 0. The fraction of sp³-hybridized carbons (Fsp3) is 0.375. The summed E-state index contributed by atoms with van der Waals surface area (Å²) >= 11 is 0. The number of nitrogens with one attached hydrogen (secondary N) is 1. The summed E-state index contributed by atoms with van der Waals surface area (Å²) in [6.45, 7) is 8.43. The minimum atomic E-state index is -1.02. The Bertz CT molecular complexity index is 610. The van der Waals surface area contributed by atoms with Gasteiger partial charge in [-0.2, -0.15) is 5.10 Å². The van der Waals surface area contributed by atoms with Gasteiger partial charge in [-0.3, -0.25) is 5.10 Å². The zero-order chi connectivity index (χ0) is 14.9. The van der Waals surface area contributed by atoms with Gasteiger partial charge in [0.05, 0.1) is 0 Å². The molecule has 0 aliphatic carbocycles. The molecule has 106 valence electrons. The van der Waals surface area contributed by atoms with Crippen LogP contribution in [0.25, 0.3) is 0 Å². The number of aromatic nitrogens is 2. The van der Waals surface area contributed by atoms with E-state index in [1.54, 1.807) is 6.07 Å². The standard InChI is InChI=1S/C16H20N2O2/c1-10(2)11-5-7-12(8-6-11)16(3,4)14-9-13(15(19)20)17-18-14/h5-10H,1-4H3,(H,17,18)(H,19,20). The highest BCUT2D eigenvalue weighted by Gasteiger charge is 2.26. The number of aromatic carboxylic acids is 1. The van der Waals surface area contributed by atoms with Crippen molar-refractivity contribution < 1.29 is 9.90 Å². The summed E-state index contributed by atoms with van der Waals surface area (Å²) in [5, 5.41) is 15.6. The molecule has 0 saturated carbocycles. The maximum absolute atomic E-state index is 10.9. The van der Waals surface area contributed by atoms with Crippen molar-refractivity contribution in [2.75, 3.05) is 0 Å². The van der Waals surface area contributed by atoms with E-state index >= 15 is 0 Å². The van der Waals surface area contributed by atoms with Gasteiger partial charge in [0.15, 0.2) is 5.69 Å². The predicted molar refractivity (Wildman–Crippen MR) is 78.2 cm³/mol. The minimum Gasteiger partial charge on any atom is -0.476 e. The van der Waals surface area contributed by atoms with Crippen molar-refractivity contribution in [2.24, 2.45) is 0 Å². The van der Waals surface area contributed by atoms with Gasteiger partial charge in [0.1, 0.15) is 0 Å². The number of H-pyrrole nitrogens is 1. The lowest BCUT2D eigenvalue weighted by Gasteiger charge is -2.24. The van der Waals surface area contributed by atoms with Crippen LogP contribution in [0.2, 0.25) is 0 Å². The third-order valence-electron chi connectivity index (χ3n) is 3.77. The summed E-state index contributed by atoms with van der Waals surface area (Å²) in [6, 6.07) is 10.0. The minimum absolute atomic E-state index is 0.0480. The zero-order valence-electron chi connectivity index (χ0n) is 12.3. The van der Waals surface area contributed by atoms with Gasteiger partial charge in [0.25, 0.3) is 0 Å². The molecule has 2 N–H and O–H groups in total. The molecule has 20 heavy (non-hydrogen) atoms. The summed E-state index contributed by atoms with van der Waals surface area (Å²) in [6.07, 6.45) is 0. The molecule has 0 aliphatic rings. The van der Waals surface area contributed by atoms with E-state index in [1.807, 2.05) is 0 Å². The maximum Gasteiger partial charge on any atom is 0.356 e. The molecule has 4 heteroatoms. The summed E-state index contributed by atoms with van der Waals surface area (Å²) in [4.78, 5) is 10.9. The summed E-state index contributed by atoms with van der Waals surface area (Å²) in [5.74, 6) is -0.517. The topological polar surface area (TPSA) is 66.0 Å². The van der Waals surface area contributed by atoms with Crippen LogP contribution in [0.1, 0.15) is 60.9 Å². The highest BCUT2D eigenvalue weighted by Crippen LogP contribution is 2.31. The molecule has 1 aromatic carbocycles. The molecule has 0 amide bonds. The molecule has 2 rings (SSSR count). The number of benzene rings is 1. The van der Waals surface area contributed by atoms with Crippen molar-refractivity contribution in [3.05, 3.63) is 52.8 Å². The van der Waals surface area contributed by atoms with Crippen LogP contribution >= 0.6 is 0 Å². The van der Waals surface area contributed by atoms with Gasteiger partial charge in [0, 0.05) is 11.1 Å². The first-order chi connectivity index (χ1) is 9.32. The molecular formula is C16H20N2O2. The number of rotatable bonds is 4. The number of hydrogen-bond acceptors (Lipinski definition) is 2. The largest absolute Gasteiger partial charge is 0.476 e. The van der Waals surface area contributed by atoms with Crippen LogP contribution in [0.4, 0.5) is 0 Å². The van der Waals surface area contributed by atoms with Gasteiger partial charge < -0.3 is 5.11 Å². The smallest absolute Gasteiger partial charge is 0.356 e. The van der Waals surface area contributed by atoms with Gasteiger partial charge in [-0.25, -0.2) is 4.79 Å². The Hall–Kier alpha value is -2.10. The Morgan fingerprint density at radius 1 is 1.25 bits per heavy atom. The normalized spacial score (nSPS) is 11.8. The summed E-state index contributed by atoms with van der Waals surface area (Å²) < 4.78 is 0. The van der Waals surface area contributed by atoms with Gasteiger partial charge in [-0.15, -0.1) is 0 Å². The van der Waals surface area contributed by atoms with Crippen LogP contribution in [-0.4, -0.2) is 21.3 Å². The SMILES string of the molecule is CC(C)c1ccc(C(C)(C)c2cc(C(=O)O)n[nH]2)cc1. The van der Waals surface area contributed by atoms with Gasteiger partial charge in [0.2, 0.25) is 0 Å². The first-order valence-corrected chi connectivity index (χ1v) is 6.72. The number of carbonyl (C=O) groups is 1. The number of nitrogens with zero attached hydrogens (tertiary/aromatic N) is 1. The second-order valence-electron chi connectivity index (χ2n) is 5.87. The predicted octanol–water partition coefficient (Wildman–Crippen LogP) is 3.56. The van der Waals surface area contributed by atoms with Gasteiger partial charge in [-0.05, 0) is 23.1 Å². The monoisotopic (exact) mass is 272 g/mol. The highest BCUT2D eigenvalue weighted by molar-refractivity contribution is 5.85. The van der Waals surface area contributed by atoms with E-state index in [4.69, 9.17) is 5.11 Å². The number of carboxylic acids is 1. The third kappa shape index (κ3) is 2.59. The molecule has 1 aromatic heterocycles. The van der Waals surface area contributed by atoms with Crippen LogP contribution in [0, 0.1) is 0 Å². The molecule has 0 spiro atoms. The molecule has 2 aromatic rings. The molecule has 0 atom stereocenters. The number of hydrogen-bond donors (Lipinski definition) is 2. The Kier molecular flexibility index (Phi) is 3.66. The van der Waals surface area contributed by atoms with Gasteiger partial charge >= 0.3 is 5.97 Å². The molecule has 0 saturated heterocycles. The quantitative estimate of drug-likeness (QED) is 0.894. The fourth-order valence-corrected chi connectivity index (χ4v) is 2.19. The number of carboxylic acid groups (broad SMARTS) is 1. The first kappa shape index (κ1) is 14.3. The van der Waals surface area contributed by atoms with E-state index in [1.165, 1.54) is 5.56 Å². The van der Waals surface area contributed by atoms with Crippen LogP contribution in [0.3, 0.4) is 0 Å². The van der Waals surface area contributed by atoms with E-state index in [0.717, 1.165) is 11.3 Å². The molecule has 0 bridgehead atoms. The lowest BCUT2D eigenvalue weighted by Crippen LogP contribution is -2.19. The maximum atomic E-state index is 10.9. The second kappa shape index (κ2) is 5.12. The fourth-order valence-electron chi connectivity index (χ4n) is 2.19. The molecule has 4 nitrogen and oxygen atoms in total. The van der Waals surface area contributed by atoms with Crippen molar-refractivity contribution in [1.29, 1.82) is 0 Å². The van der Waals surface area contributed by atoms with E-state index < -0.39 is 5.97 Å². The number of aromatic amines is 1. The molecule has 0 unspecified atom stereocenters. The van der Waals surface area contributed by atoms with Gasteiger partial charge in [-0.1, -0.05) is 52.0 Å².